The van der Waals surface area contributed by atoms with Crippen LogP contribution in [0.4, 0.5) is 5.69 Å². The van der Waals surface area contributed by atoms with Gasteiger partial charge in [-0.15, -0.1) is 0 Å². The van der Waals surface area contributed by atoms with Gasteiger partial charge in [-0.3, -0.25) is 9.59 Å². The Bertz CT molecular complexity index is 935. The van der Waals surface area contributed by atoms with Gasteiger partial charge in [0.05, 0.1) is 12.2 Å². The first kappa shape index (κ1) is 18.8. The molecular formula is C21H20N2O3S. The fourth-order valence-electron chi connectivity index (χ4n) is 2.68. The van der Waals surface area contributed by atoms with Crippen molar-refractivity contribution in [3.63, 3.8) is 0 Å². The van der Waals surface area contributed by atoms with Gasteiger partial charge < -0.3 is 15.7 Å². The first-order chi connectivity index (χ1) is 13.1. The minimum Gasteiger partial charge on any atom is -0.395 e. The van der Waals surface area contributed by atoms with E-state index in [1.165, 1.54) is 11.3 Å². The van der Waals surface area contributed by atoms with Gasteiger partial charge in [0.25, 0.3) is 11.8 Å². The smallest absolute Gasteiger partial charge is 0.256 e. The largest absolute Gasteiger partial charge is 0.395 e. The molecule has 5 nitrogen and oxygen atoms in total. The van der Waals surface area contributed by atoms with E-state index < -0.39 is 0 Å². The van der Waals surface area contributed by atoms with E-state index in [9.17, 15) is 9.59 Å². The molecule has 6 heteroatoms. The Morgan fingerprint density at radius 2 is 1.78 bits per heavy atom. The molecule has 27 heavy (non-hydrogen) atoms. The summed E-state index contributed by atoms with van der Waals surface area (Å²) in [6.07, 6.45) is 0. The first-order valence-electron chi connectivity index (χ1n) is 8.52. The minimum absolute atomic E-state index is 0.0904. The highest BCUT2D eigenvalue weighted by molar-refractivity contribution is 7.08. The van der Waals surface area contributed by atoms with Crippen LogP contribution >= 0.6 is 11.3 Å². The Kier molecular flexibility index (Phi) is 6.01. The lowest BCUT2D eigenvalue weighted by molar-refractivity contribution is 0.0944. The number of rotatable bonds is 6. The summed E-state index contributed by atoms with van der Waals surface area (Å²) in [6, 6.07) is 14.8. The number of hydrogen-bond donors (Lipinski definition) is 3. The number of aliphatic hydroxyl groups is 1. The summed E-state index contributed by atoms with van der Waals surface area (Å²) < 4.78 is 0. The van der Waals surface area contributed by atoms with Crippen LogP contribution in [0.15, 0.2) is 59.3 Å². The average molecular weight is 380 g/mol. The summed E-state index contributed by atoms with van der Waals surface area (Å²) in [5.41, 5.74) is 4.91. The molecule has 3 aromatic rings. The van der Waals surface area contributed by atoms with E-state index in [0.717, 1.165) is 22.4 Å². The van der Waals surface area contributed by atoms with Crippen molar-refractivity contribution < 1.29 is 14.7 Å². The van der Waals surface area contributed by atoms with Crippen molar-refractivity contribution in [3.05, 3.63) is 76.0 Å². The number of benzene rings is 2. The molecule has 0 fully saturated rings. The van der Waals surface area contributed by atoms with E-state index in [4.69, 9.17) is 5.11 Å². The van der Waals surface area contributed by atoms with E-state index in [1.807, 2.05) is 48.0 Å². The van der Waals surface area contributed by atoms with Crippen LogP contribution < -0.4 is 10.6 Å². The minimum atomic E-state index is -0.218. The molecule has 0 unspecified atom stereocenters. The van der Waals surface area contributed by atoms with Gasteiger partial charge in [-0.2, -0.15) is 11.3 Å². The van der Waals surface area contributed by atoms with Crippen LogP contribution in [0, 0.1) is 6.92 Å². The highest BCUT2D eigenvalue weighted by Gasteiger charge is 2.10. The van der Waals surface area contributed by atoms with Gasteiger partial charge in [0, 0.05) is 23.2 Å². The number of nitrogens with one attached hydrogen (secondary N) is 2. The Hall–Kier alpha value is -2.96. The highest BCUT2D eigenvalue weighted by Crippen LogP contribution is 2.27. The van der Waals surface area contributed by atoms with Crippen LogP contribution in [0.25, 0.3) is 11.1 Å². The summed E-state index contributed by atoms with van der Waals surface area (Å²) in [4.78, 5) is 24.2. The number of thiophene rings is 1. The summed E-state index contributed by atoms with van der Waals surface area (Å²) in [5.74, 6) is -0.356. The maximum Gasteiger partial charge on any atom is 0.256 e. The van der Waals surface area contributed by atoms with Gasteiger partial charge >= 0.3 is 0 Å². The number of aryl methyl sites for hydroxylation is 1. The molecule has 0 aliphatic carbocycles. The Labute approximate surface area is 161 Å². The molecule has 3 N–H and O–H groups in total. The van der Waals surface area contributed by atoms with Gasteiger partial charge in [0.1, 0.15) is 0 Å². The molecule has 3 rings (SSSR count). The Balaban J connectivity index is 1.80. The standard InChI is InChI=1S/C21H20N2O3S/c1-14-2-7-18(23-21(26)17-8-11-27-13-17)12-19(14)15-3-5-16(6-4-15)20(25)22-9-10-24/h2-8,11-13,24H,9-10H2,1H3,(H,22,25)(H,23,26). The van der Waals surface area contributed by atoms with E-state index in [-0.39, 0.29) is 25.0 Å². The molecule has 0 radical (unpaired) electrons. The fraction of sp³-hybridized carbons (Fsp3) is 0.143. The fourth-order valence-corrected chi connectivity index (χ4v) is 3.32. The number of amides is 2. The second-order valence-electron chi connectivity index (χ2n) is 6.05. The molecule has 0 spiro atoms. The van der Waals surface area contributed by atoms with Crippen LogP contribution in [0.1, 0.15) is 26.3 Å². The maximum absolute atomic E-state index is 12.2. The molecule has 0 aliphatic heterocycles. The van der Waals surface area contributed by atoms with Gasteiger partial charge in [-0.1, -0.05) is 18.2 Å². The molecule has 0 saturated heterocycles. The van der Waals surface area contributed by atoms with Crippen LogP contribution in [0.3, 0.4) is 0 Å². The van der Waals surface area contributed by atoms with Crippen molar-refractivity contribution in [2.24, 2.45) is 0 Å². The summed E-state index contributed by atoms with van der Waals surface area (Å²) in [5, 5.41) is 18.0. The van der Waals surface area contributed by atoms with Gasteiger partial charge in [-0.25, -0.2) is 0 Å². The average Bonchev–Trinajstić information content (AvgIpc) is 3.23. The van der Waals surface area contributed by atoms with E-state index >= 15 is 0 Å². The highest BCUT2D eigenvalue weighted by atomic mass is 32.1. The number of carbonyl (C=O) groups excluding carboxylic acids is 2. The molecule has 1 aromatic heterocycles. The zero-order valence-corrected chi connectivity index (χ0v) is 15.7. The van der Waals surface area contributed by atoms with E-state index in [2.05, 4.69) is 10.6 Å². The normalized spacial score (nSPS) is 10.4. The maximum atomic E-state index is 12.2. The number of carbonyl (C=O) groups is 2. The van der Waals surface area contributed by atoms with Gasteiger partial charge in [0.15, 0.2) is 0 Å². The number of anilines is 1. The monoisotopic (exact) mass is 380 g/mol. The molecule has 138 valence electrons. The molecule has 2 amide bonds. The molecule has 2 aromatic carbocycles. The Morgan fingerprint density at radius 1 is 1.00 bits per heavy atom. The third kappa shape index (κ3) is 4.61. The molecule has 0 aliphatic rings. The summed E-state index contributed by atoms with van der Waals surface area (Å²) in [6.45, 7) is 2.14. The molecule has 0 atom stereocenters. The quantitative estimate of drug-likeness (QED) is 0.610. The number of aliphatic hydroxyl groups excluding tert-OH is 1. The van der Waals surface area contributed by atoms with E-state index in [1.54, 1.807) is 18.2 Å². The van der Waals surface area contributed by atoms with Crippen molar-refractivity contribution >= 4 is 28.8 Å². The van der Waals surface area contributed by atoms with Gasteiger partial charge in [-0.05, 0) is 59.3 Å². The Morgan fingerprint density at radius 3 is 2.44 bits per heavy atom. The second kappa shape index (κ2) is 8.62. The zero-order chi connectivity index (χ0) is 19.2. The topological polar surface area (TPSA) is 78.4 Å². The third-order valence-corrected chi connectivity index (χ3v) is 4.82. The predicted octanol–water partition coefficient (Wildman–Crippen LogP) is 3.70. The van der Waals surface area contributed by atoms with Crippen LogP contribution in [0.2, 0.25) is 0 Å². The molecule has 0 bridgehead atoms. The van der Waals surface area contributed by atoms with Crippen LogP contribution in [-0.2, 0) is 0 Å². The van der Waals surface area contributed by atoms with Crippen molar-refractivity contribution in [2.45, 2.75) is 6.92 Å². The summed E-state index contributed by atoms with van der Waals surface area (Å²) in [7, 11) is 0. The molecule has 0 saturated carbocycles. The first-order valence-corrected chi connectivity index (χ1v) is 9.46. The van der Waals surface area contributed by atoms with Crippen LogP contribution in [-0.4, -0.2) is 30.1 Å². The van der Waals surface area contributed by atoms with Gasteiger partial charge in [0.2, 0.25) is 0 Å². The van der Waals surface area contributed by atoms with Crippen molar-refractivity contribution in [3.8, 4) is 11.1 Å². The SMILES string of the molecule is Cc1ccc(NC(=O)c2ccsc2)cc1-c1ccc(C(=O)NCCO)cc1. The van der Waals surface area contributed by atoms with E-state index in [0.29, 0.717) is 11.1 Å². The third-order valence-electron chi connectivity index (χ3n) is 4.13. The predicted molar refractivity (Wildman–Crippen MR) is 108 cm³/mol. The summed E-state index contributed by atoms with van der Waals surface area (Å²) >= 11 is 1.48. The van der Waals surface area contributed by atoms with Crippen LogP contribution in [0.5, 0.6) is 0 Å². The second-order valence-corrected chi connectivity index (χ2v) is 6.83. The zero-order valence-electron chi connectivity index (χ0n) is 14.9. The number of hydrogen-bond acceptors (Lipinski definition) is 4. The van der Waals surface area contributed by atoms with Crippen molar-refractivity contribution in [2.75, 3.05) is 18.5 Å². The molecule has 1 heterocycles. The van der Waals surface area contributed by atoms with Crippen molar-refractivity contribution in [1.82, 2.24) is 5.32 Å². The molecular weight excluding hydrogens is 360 g/mol. The lowest BCUT2D eigenvalue weighted by atomic mass is 9.98. The lowest BCUT2D eigenvalue weighted by Crippen LogP contribution is -2.26. The van der Waals surface area contributed by atoms with Crippen molar-refractivity contribution in [1.29, 1.82) is 0 Å². The lowest BCUT2D eigenvalue weighted by Gasteiger charge is -2.11.